The maximum Gasteiger partial charge on any atom is 0.165 e. The topological polar surface area (TPSA) is 29.5 Å². The molecule has 0 bridgehead atoms. The van der Waals surface area contributed by atoms with Crippen LogP contribution in [0.4, 0.5) is 8.78 Å². The SMILES string of the molecule is COc1ccc(C(O)CSc2ccc(F)cc2)cc1F. The van der Waals surface area contributed by atoms with E-state index in [1.165, 1.54) is 43.1 Å². The highest BCUT2D eigenvalue weighted by Gasteiger charge is 2.11. The van der Waals surface area contributed by atoms with E-state index in [9.17, 15) is 13.9 Å². The molecule has 2 aromatic rings. The van der Waals surface area contributed by atoms with Gasteiger partial charge in [0.1, 0.15) is 5.82 Å². The van der Waals surface area contributed by atoms with Gasteiger partial charge in [-0.2, -0.15) is 0 Å². The lowest BCUT2D eigenvalue weighted by Crippen LogP contribution is -2.01. The minimum absolute atomic E-state index is 0.145. The molecule has 0 aliphatic heterocycles. The van der Waals surface area contributed by atoms with E-state index >= 15 is 0 Å². The van der Waals surface area contributed by atoms with E-state index < -0.39 is 11.9 Å². The smallest absolute Gasteiger partial charge is 0.165 e. The highest BCUT2D eigenvalue weighted by atomic mass is 32.2. The minimum atomic E-state index is -0.801. The van der Waals surface area contributed by atoms with Gasteiger partial charge in [-0.1, -0.05) is 6.07 Å². The Bertz CT molecular complexity index is 573. The summed E-state index contributed by atoms with van der Waals surface area (Å²) in [7, 11) is 1.39. The molecule has 0 radical (unpaired) electrons. The number of hydrogen-bond acceptors (Lipinski definition) is 3. The Labute approximate surface area is 120 Å². The predicted octanol–water partition coefficient (Wildman–Crippen LogP) is 3.80. The van der Waals surface area contributed by atoms with Gasteiger partial charge in [0.2, 0.25) is 0 Å². The van der Waals surface area contributed by atoms with E-state index in [1.54, 1.807) is 18.2 Å². The van der Waals surface area contributed by atoms with Crippen molar-refractivity contribution in [3.8, 4) is 5.75 Å². The van der Waals surface area contributed by atoms with Gasteiger partial charge in [-0.15, -0.1) is 11.8 Å². The third-order valence-electron chi connectivity index (χ3n) is 2.78. The summed E-state index contributed by atoms with van der Waals surface area (Å²) in [6.45, 7) is 0. The van der Waals surface area contributed by atoms with Gasteiger partial charge in [0.05, 0.1) is 13.2 Å². The summed E-state index contributed by atoms with van der Waals surface area (Å²) < 4.78 is 31.1. The number of benzene rings is 2. The number of thioether (sulfide) groups is 1. The maximum atomic E-state index is 13.5. The number of rotatable bonds is 5. The first-order chi connectivity index (χ1) is 9.60. The molecule has 0 spiro atoms. The molecule has 1 atom stereocenters. The Morgan fingerprint density at radius 2 is 1.85 bits per heavy atom. The van der Waals surface area contributed by atoms with Crippen LogP contribution in [-0.4, -0.2) is 18.0 Å². The molecule has 106 valence electrons. The van der Waals surface area contributed by atoms with Crippen LogP contribution in [0.3, 0.4) is 0 Å². The van der Waals surface area contributed by atoms with Crippen LogP contribution in [-0.2, 0) is 0 Å². The van der Waals surface area contributed by atoms with Crippen LogP contribution in [0.15, 0.2) is 47.4 Å². The summed E-state index contributed by atoms with van der Waals surface area (Å²) in [6.07, 6.45) is -0.801. The quantitative estimate of drug-likeness (QED) is 0.851. The Morgan fingerprint density at radius 3 is 2.45 bits per heavy atom. The standard InChI is InChI=1S/C15H14F2O2S/c1-19-15-7-2-10(8-13(15)17)14(18)9-20-12-5-3-11(16)4-6-12/h2-8,14,18H,9H2,1H3. The first kappa shape index (κ1) is 14.8. The third kappa shape index (κ3) is 3.71. The highest BCUT2D eigenvalue weighted by Crippen LogP contribution is 2.27. The molecule has 0 amide bonds. The lowest BCUT2D eigenvalue weighted by Gasteiger charge is -2.12. The second-order valence-corrected chi connectivity index (χ2v) is 5.27. The number of ether oxygens (including phenoxy) is 1. The molecule has 1 unspecified atom stereocenters. The molecule has 1 N–H and O–H groups in total. The van der Waals surface area contributed by atoms with E-state index in [2.05, 4.69) is 0 Å². The molecule has 0 aliphatic rings. The molecule has 0 heterocycles. The van der Waals surface area contributed by atoms with Gasteiger partial charge in [-0.05, 0) is 42.0 Å². The van der Waals surface area contributed by atoms with E-state index in [0.29, 0.717) is 11.3 Å². The van der Waals surface area contributed by atoms with Crippen LogP contribution in [0.2, 0.25) is 0 Å². The lowest BCUT2D eigenvalue weighted by atomic mass is 10.1. The van der Waals surface area contributed by atoms with Crippen molar-refractivity contribution in [3.63, 3.8) is 0 Å². The third-order valence-corrected chi connectivity index (χ3v) is 3.87. The minimum Gasteiger partial charge on any atom is -0.494 e. The molecule has 0 aromatic heterocycles. The van der Waals surface area contributed by atoms with E-state index in [4.69, 9.17) is 4.74 Å². The van der Waals surface area contributed by atoms with Gasteiger partial charge in [0.25, 0.3) is 0 Å². The largest absolute Gasteiger partial charge is 0.494 e. The Morgan fingerprint density at radius 1 is 1.15 bits per heavy atom. The number of halogens is 2. The fraction of sp³-hybridized carbons (Fsp3) is 0.200. The first-order valence-electron chi connectivity index (χ1n) is 6.00. The van der Waals surface area contributed by atoms with Crippen LogP contribution >= 0.6 is 11.8 Å². The van der Waals surface area contributed by atoms with Crippen molar-refractivity contribution in [2.75, 3.05) is 12.9 Å². The van der Waals surface area contributed by atoms with Crippen molar-refractivity contribution in [3.05, 3.63) is 59.7 Å². The molecule has 0 saturated carbocycles. The second-order valence-electron chi connectivity index (χ2n) is 4.17. The van der Waals surface area contributed by atoms with Crippen molar-refractivity contribution >= 4 is 11.8 Å². The monoisotopic (exact) mass is 296 g/mol. The molecule has 0 aliphatic carbocycles. The zero-order valence-electron chi connectivity index (χ0n) is 10.8. The Hall–Kier alpha value is -1.59. The second kappa shape index (κ2) is 6.72. The summed E-state index contributed by atoms with van der Waals surface area (Å²) >= 11 is 1.38. The Kier molecular flexibility index (Phi) is 4.98. The average Bonchev–Trinajstić information content (AvgIpc) is 2.46. The fourth-order valence-electron chi connectivity index (χ4n) is 1.69. The summed E-state index contributed by atoms with van der Waals surface area (Å²) in [5.41, 5.74) is 0.484. The number of methoxy groups -OCH3 is 1. The van der Waals surface area contributed by atoms with Gasteiger partial charge in [0, 0.05) is 10.6 Å². The first-order valence-corrected chi connectivity index (χ1v) is 6.98. The van der Waals surface area contributed by atoms with E-state index in [0.717, 1.165) is 4.90 Å². The summed E-state index contributed by atoms with van der Waals surface area (Å²) in [5.74, 6) is -0.299. The summed E-state index contributed by atoms with van der Waals surface area (Å²) in [4.78, 5) is 0.847. The molecular formula is C15H14F2O2S. The van der Waals surface area contributed by atoms with Crippen molar-refractivity contribution in [2.24, 2.45) is 0 Å². The van der Waals surface area contributed by atoms with Gasteiger partial charge in [-0.25, -0.2) is 8.78 Å². The normalized spacial score (nSPS) is 12.2. The van der Waals surface area contributed by atoms with Crippen molar-refractivity contribution in [1.29, 1.82) is 0 Å². The van der Waals surface area contributed by atoms with E-state index in [-0.39, 0.29) is 11.6 Å². The highest BCUT2D eigenvalue weighted by molar-refractivity contribution is 7.99. The van der Waals surface area contributed by atoms with E-state index in [1.807, 2.05) is 0 Å². The van der Waals surface area contributed by atoms with Crippen LogP contribution in [0.25, 0.3) is 0 Å². The molecular weight excluding hydrogens is 282 g/mol. The van der Waals surface area contributed by atoms with Crippen molar-refractivity contribution < 1.29 is 18.6 Å². The lowest BCUT2D eigenvalue weighted by molar-refractivity contribution is 0.203. The molecule has 2 nitrogen and oxygen atoms in total. The molecule has 0 saturated heterocycles. The zero-order valence-corrected chi connectivity index (χ0v) is 11.7. The fourth-order valence-corrected chi connectivity index (χ4v) is 2.56. The maximum absolute atomic E-state index is 13.5. The van der Waals surface area contributed by atoms with Crippen LogP contribution in [0, 0.1) is 11.6 Å². The van der Waals surface area contributed by atoms with Crippen molar-refractivity contribution in [2.45, 2.75) is 11.0 Å². The summed E-state index contributed by atoms with van der Waals surface area (Å²) in [6, 6.07) is 10.4. The molecule has 5 heteroatoms. The molecule has 0 fully saturated rings. The predicted molar refractivity (Wildman–Crippen MR) is 75.0 cm³/mol. The van der Waals surface area contributed by atoms with Gasteiger partial charge < -0.3 is 9.84 Å². The molecule has 20 heavy (non-hydrogen) atoms. The molecule has 2 rings (SSSR count). The van der Waals surface area contributed by atoms with Crippen LogP contribution in [0.5, 0.6) is 5.75 Å². The number of aliphatic hydroxyl groups is 1. The van der Waals surface area contributed by atoms with Gasteiger partial charge in [0.15, 0.2) is 11.6 Å². The number of hydrogen-bond donors (Lipinski definition) is 1. The van der Waals surface area contributed by atoms with Crippen molar-refractivity contribution in [1.82, 2.24) is 0 Å². The average molecular weight is 296 g/mol. The summed E-state index contributed by atoms with van der Waals surface area (Å²) in [5, 5.41) is 10.0. The van der Waals surface area contributed by atoms with Crippen LogP contribution in [0.1, 0.15) is 11.7 Å². The molecule has 2 aromatic carbocycles. The van der Waals surface area contributed by atoms with Gasteiger partial charge >= 0.3 is 0 Å². The van der Waals surface area contributed by atoms with Crippen LogP contribution < -0.4 is 4.74 Å². The Balaban J connectivity index is 1.99. The number of aliphatic hydroxyl groups excluding tert-OH is 1. The van der Waals surface area contributed by atoms with Gasteiger partial charge in [-0.3, -0.25) is 0 Å². The zero-order chi connectivity index (χ0) is 14.5.